The molecule has 1 saturated carbocycles. The first-order chi connectivity index (χ1) is 14.3. The zero-order chi connectivity index (χ0) is 19.6. The van der Waals surface area contributed by atoms with Gasteiger partial charge in [0.25, 0.3) is 0 Å². The molecule has 3 aromatic heterocycles. The number of thiocarbonyl (C=S) groups is 1. The minimum absolute atomic E-state index is 0.0378. The summed E-state index contributed by atoms with van der Waals surface area (Å²) in [5.74, 6) is 0.953. The van der Waals surface area contributed by atoms with Gasteiger partial charge in [-0.3, -0.25) is 4.98 Å². The Morgan fingerprint density at radius 3 is 2.72 bits per heavy atom. The van der Waals surface area contributed by atoms with Crippen LogP contribution in [0.3, 0.4) is 0 Å². The quantitative estimate of drug-likeness (QED) is 0.615. The number of hydrogen-bond donors (Lipinski definition) is 1. The van der Waals surface area contributed by atoms with Gasteiger partial charge in [-0.15, -0.1) is 0 Å². The molecule has 1 aliphatic heterocycles. The summed E-state index contributed by atoms with van der Waals surface area (Å²) in [6, 6.07) is 15.0. The third-order valence-corrected chi connectivity index (χ3v) is 6.51. The molecular formula is C23H26N4OS. The minimum Gasteiger partial charge on any atom is -0.467 e. The molecule has 2 fully saturated rings. The normalized spacial score (nSPS) is 22.8. The number of nitrogens with one attached hydrogen (secondary N) is 1. The lowest BCUT2D eigenvalue weighted by molar-refractivity contribution is 0.191. The van der Waals surface area contributed by atoms with Gasteiger partial charge >= 0.3 is 0 Å². The van der Waals surface area contributed by atoms with E-state index in [1.54, 1.807) is 6.26 Å². The molecule has 5 rings (SSSR count). The first-order valence-corrected chi connectivity index (χ1v) is 10.9. The maximum atomic E-state index is 5.87. The summed E-state index contributed by atoms with van der Waals surface area (Å²) in [5.41, 5.74) is 2.28. The fraction of sp³-hybridized carbons (Fsp3) is 0.391. The van der Waals surface area contributed by atoms with Gasteiger partial charge in [0.2, 0.25) is 0 Å². The molecule has 150 valence electrons. The standard InChI is InChI=1S/C23H26N4OS/c29-23-25-21(19-11-4-5-13-24-19)22(27(23)17-8-2-1-3-9-17)20-12-6-14-26(20)16-18-10-7-15-28-18/h4-7,10-15,17,21-22H,1-3,8-9,16H2,(H,25,29)/t21-,22+/m1/s1. The van der Waals surface area contributed by atoms with Gasteiger partial charge in [-0.1, -0.05) is 25.3 Å². The number of pyridine rings is 1. The lowest BCUT2D eigenvalue weighted by Crippen LogP contribution is -2.40. The summed E-state index contributed by atoms with van der Waals surface area (Å²) < 4.78 is 7.89. The smallest absolute Gasteiger partial charge is 0.170 e. The van der Waals surface area contributed by atoms with E-state index >= 15 is 0 Å². The fourth-order valence-electron chi connectivity index (χ4n) is 4.84. The molecule has 0 aromatic carbocycles. The van der Waals surface area contributed by atoms with Crippen LogP contribution in [0.5, 0.6) is 0 Å². The molecule has 2 aliphatic rings. The summed E-state index contributed by atoms with van der Waals surface area (Å²) in [6.07, 6.45) is 12.0. The van der Waals surface area contributed by atoms with Crippen molar-refractivity contribution >= 4 is 17.3 Å². The van der Waals surface area contributed by atoms with Gasteiger partial charge in [0.15, 0.2) is 5.11 Å². The predicted octanol–water partition coefficient (Wildman–Crippen LogP) is 4.83. The van der Waals surface area contributed by atoms with Crippen LogP contribution in [0.15, 0.2) is 65.5 Å². The van der Waals surface area contributed by atoms with E-state index in [1.165, 1.54) is 37.8 Å². The highest BCUT2D eigenvalue weighted by Crippen LogP contribution is 2.42. The third kappa shape index (κ3) is 3.57. The fourth-order valence-corrected chi connectivity index (χ4v) is 5.23. The first-order valence-electron chi connectivity index (χ1n) is 10.5. The summed E-state index contributed by atoms with van der Waals surface area (Å²) in [6.45, 7) is 0.714. The lowest BCUT2D eigenvalue weighted by Gasteiger charge is -2.37. The van der Waals surface area contributed by atoms with Crippen molar-refractivity contribution in [1.29, 1.82) is 0 Å². The van der Waals surface area contributed by atoms with Gasteiger partial charge in [-0.05, 0) is 61.5 Å². The van der Waals surface area contributed by atoms with Crippen LogP contribution in [0.4, 0.5) is 0 Å². The van der Waals surface area contributed by atoms with Gasteiger partial charge in [-0.25, -0.2) is 0 Å². The second-order valence-corrected chi connectivity index (χ2v) is 8.35. The largest absolute Gasteiger partial charge is 0.467 e. The Morgan fingerprint density at radius 2 is 1.97 bits per heavy atom. The first kappa shape index (κ1) is 18.4. The van der Waals surface area contributed by atoms with Crippen molar-refractivity contribution in [3.05, 3.63) is 78.3 Å². The highest BCUT2D eigenvalue weighted by molar-refractivity contribution is 7.80. The molecule has 29 heavy (non-hydrogen) atoms. The van der Waals surface area contributed by atoms with Gasteiger partial charge in [0.05, 0.1) is 30.6 Å². The molecule has 6 heteroatoms. The zero-order valence-corrected chi connectivity index (χ0v) is 17.2. The Balaban J connectivity index is 1.55. The molecule has 0 amide bonds. The van der Waals surface area contributed by atoms with Crippen LogP contribution < -0.4 is 5.32 Å². The highest BCUT2D eigenvalue weighted by Gasteiger charge is 2.44. The third-order valence-electron chi connectivity index (χ3n) is 6.18. The Morgan fingerprint density at radius 1 is 1.07 bits per heavy atom. The number of aromatic nitrogens is 2. The van der Waals surface area contributed by atoms with Crippen LogP contribution in [0.25, 0.3) is 0 Å². The second kappa shape index (κ2) is 8.03. The molecule has 0 unspecified atom stereocenters. The van der Waals surface area contributed by atoms with Crippen molar-refractivity contribution < 1.29 is 4.42 Å². The Bertz CT molecular complexity index is 946. The van der Waals surface area contributed by atoms with E-state index in [0.29, 0.717) is 12.6 Å². The number of rotatable bonds is 5. The van der Waals surface area contributed by atoms with E-state index in [-0.39, 0.29) is 12.1 Å². The van der Waals surface area contributed by atoms with Crippen LogP contribution in [-0.4, -0.2) is 25.6 Å². The monoisotopic (exact) mass is 406 g/mol. The average Bonchev–Trinajstić information content (AvgIpc) is 3.50. The Hall–Kier alpha value is -2.60. The maximum absolute atomic E-state index is 5.87. The van der Waals surface area contributed by atoms with Crippen LogP contribution in [0, 0.1) is 0 Å². The Labute approximate surface area is 176 Å². The highest BCUT2D eigenvalue weighted by atomic mass is 32.1. The molecule has 3 aromatic rings. The zero-order valence-electron chi connectivity index (χ0n) is 16.4. The van der Waals surface area contributed by atoms with E-state index in [1.807, 2.05) is 24.4 Å². The molecule has 2 atom stereocenters. The summed E-state index contributed by atoms with van der Waals surface area (Å²) >= 11 is 5.87. The van der Waals surface area contributed by atoms with Crippen LogP contribution in [0.2, 0.25) is 0 Å². The molecule has 0 spiro atoms. The summed E-state index contributed by atoms with van der Waals surface area (Å²) in [5, 5.41) is 4.45. The molecule has 0 bridgehead atoms. The van der Waals surface area contributed by atoms with E-state index in [0.717, 1.165) is 16.6 Å². The van der Waals surface area contributed by atoms with Crippen LogP contribution in [0.1, 0.15) is 61.3 Å². The lowest BCUT2D eigenvalue weighted by atomic mass is 9.92. The van der Waals surface area contributed by atoms with E-state index in [9.17, 15) is 0 Å². The molecule has 1 N–H and O–H groups in total. The average molecular weight is 407 g/mol. The number of hydrogen-bond acceptors (Lipinski definition) is 3. The predicted molar refractivity (Wildman–Crippen MR) is 116 cm³/mol. The maximum Gasteiger partial charge on any atom is 0.170 e. The van der Waals surface area contributed by atoms with Crippen molar-refractivity contribution in [1.82, 2.24) is 19.8 Å². The van der Waals surface area contributed by atoms with Crippen molar-refractivity contribution in [3.8, 4) is 0 Å². The van der Waals surface area contributed by atoms with Gasteiger partial charge in [0.1, 0.15) is 5.76 Å². The SMILES string of the molecule is S=C1N[C@H](c2ccccn2)[C@H](c2cccn2Cc2ccco2)N1C1CCCCC1. The van der Waals surface area contributed by atoms with E-state index in [2.05, 4.69) is 50.2 Å². The topological polar surface area (TPSA) is 46.2 Å². The van der Waals surface area contributed by atoms with Crippen molar-refractivity contribution in [3.63, 3.8) is 0 Å². The molecule has 5 nitrogen and oxygen atoms in total. The molecule has 0 radical (unpaired) electrons. The minimum atomic E-state index is 0.0378. The van der Waals surface area contributed by atoms with Crippen molar-refractivity contribution in [2.75, 3.05) is 0 Å². The van der Waals surface area contributed by atoms with Crippen LogP contribution >= 0.6 is 12.2 Å². The van der Waals surface area contributed by atoms with Gasteiger partial charge in [-0.2, -0.15) is 0 Å². The molecule has 1 aliphatic carbocycles. The molecule has 1 saturated heterocycles. The van der Waals surface area contributed by atoms with E-state index in [4.69, 9.17) is 16.6 Å². The van der Waals surface area contributed by atoms with Crippen LogP contribution in [-0.2, 0) is 6.54 Å². The summed E-state index contributed by atoms with van der Waals surface area (Å²) in [7, 11) is 0. The molecule has 4 heterocycles. The number of furan rings is 1. The van der Waals surface area contributed by atoms with Crippen molar-refractivity contribution in [2.45, 2.75) is 56.8 Å². The van der Waals surface area contributed by atoms with Crippen molar-refractivity contribution in [2.24, 2.45) is 0 Å². The van der Waals surface area contributed by atoms with E-state index < -0.39 is 0 Å². The summed E-state index contributed by atoms with van der Waals surface area (Å²) in [4.78, 5) is 7.12. The number of nitrogens with zero attached hydrogens (tertiary/aromatic N) is 3. The molecular weight excluding hydrogens is 380 g/mol. The van der Waals surface area contributed by atoms with Gasteiger partial charge in [0, 0.05) is 24.1 Å². The van der Waals surface area contributed by atoms with Gasteiger partial charge < -0.3 is 19.2 Å². The Kier molecular flexibility index (Phi) is 5.10. The second-order valence-electron chi connectivity index (χ2n) is 7.97.